The lowest BCUT2D eigenvalue weighted by atomic mass is 10.1. The molecule has 0 aliphatic rings. The Morgan fingerprint density at radius 3 is 1.15 bits per heavy atom. The van der Waals surface area contributed by atoms with Crippen molar-refractivity contribution >= 4 is 0 Å². The van der Waals surface area contributed by atoms with Crippen LogP contribution in [-0.2, 0) is 0 Å². The summed E-state index contributed by atoms with van der Waals surface area (Å²) in [5, 5.41) is 13.3. The van der Waals surface area contributed by atoms with Gasteiger partial charge in [-0.05, 0) is 79.0 Å². The van der Waals surface area contributed by atoms with Gasteiger partial charge in [-0.2, -0.15) is 0 Å². The Morgan fingerprint density at radius 1 is 0.400 bits per heavy atom. The first kappa shape index (κ1) is 19.8. The van der Waals surface area contributed by atoms with Gasteiger partial charge in [0, 0.05) is 0 Å². The molecule has 0 spiro atoms. The SMILES string of the molecule is CNCCCNCCCCCCCCNCCCNC. The van der Waals surface area contributed by atoms with Crippen molar-refractivity contribution in [3.8, 4) is 0 Å². The Labute approximate surface area is 126 Å². The molecular formula is C16H38N4. The minimum Gasteiger partial charge on any atom is -0.320 e. The van der Waals surface area contributed by atoms with Gasteiger partial charge in [0.15, 0.2) is 0 Å². The second-order valence-corrected chi connectivity index (χ2v) is 5.54. The van der Waals surface area contributed by atoms with Crippen LogP contribution >= 0.6 is 0 Å². The summed E-state index contributed by atoms with van der Waals surface area (Å²) >= 11 is 0. The molecule has 0 saturated heterocycles. The van der Waals surface area contributed by atoms with Crippen molar-refractivity contribution in [2.45, 2.75) is 51.4 Å². The van der Waals surface area contributed by atoms with E-state index in [-0.39, 0.29) is 0 Å². The molecule has 0 amide bonds. The Kier molecular flexibility index (Phi) is 18.7. The van der Waals surface area contributed by atoms with E-state index >= 15 is 0 Å². The van der Waals surface area contributed by atoms with Crippen LogP contribution in [0, 0.1) is 0 Å². The molecule has 0 rings (SSSR count). The monoisotopic (exact) mass is 286 g/mol. The molecule has 0 radical (unpaired) electrons. The van der Waals surface area contributed by atoms with Gasteiger partial charge in [-0.1, -0.05) is 25.7 Å². The van der Waals surface area contributed by atoms with Crippen LogP contribution in [0.4, 0.5) is 0 Å². The minimum atomic E-state index is 1.12. The first-order chi connectivity index (χ1) is 9.91. The van der Waals surface area contributed by atoms with Crippen LogP contribution in [0.25, 0.3) is 0 Å². The highest BCUT2D eigenvalue weighted by molar-refractivity contribution is 4.53. The van der Waals surface area contributed by atoms with E-state index in [1.165, 1.54) is 64.5 Å². The largest absolute Gasteiger partial charge is 0.320 e. The molecule has 0 aromatic carbocycles. The van der Waals surface area contributed by atoms with Crippen LogP contribution < -0.4 is 21.3 Å². The average Bonchev–Trinajstić information content (AvgIpc) is 2.47. The molecule has 20 heavy (non-hydrogen) atoms. The molecule has 0 unspecified atom stereocenters. The lowest BCUT2D eigenvalue weighted by molar-refractivity contribution is 0.540. The first-order valence-electron chi connectivity index (χ1n) is 8.62. The normalized spacial score (nSPS) is 11.1. The van der Waals surface area contributed by atoms with Crippen molar-refractivity contribution in [1.29, 1.82) is 0 Å². The molecule has 0 saturated carbocycles. The number of rotatable bonds is 17. The van der Waals surface area contributed by atoms with Crippen LogP contribution in [0.5, 0.6) is 0 Å². The average molecular weight is 287 g/mol. The number of nitrogens with one attached hydrogen (secondary N) is 4. The summed E-state index contributed by atoms with van der Waals surface area (Å²) in [6.07, 6.45) is 10.7. The molecular weight excluding hydrogens is 248 g/mol. The van der Waals surface area contributed by atoms with E-state index in [0.29, 0.717) is 0 Å². The van der Waals surface area contributed by atoms with Crippen LogP contribution in [0.15, 0.2) is 0 Å². The molecule has 0 bridgehead atoms. The van der Waals surface area contributed by atoms with Crippen molar-refractivity contribution < 1.29 is 0 Å². The Balaban J connectivity index is 2.89. The third-order valence-corrected chi connectivity index (χ3v) is 3.52. The first-order valence-corrected chi connectivity index (χ1v) is 8.62. The quantitative estimate of drug-likeness (QED) is 0.308. The maximum Gasteiger partial charge on any atom is -0.00368 e. The van der Waals surface area contributed by atoms with Crippen molar-refractivity contribution in [2.24, 2.45) is 0 Å². The molecule has 0 heterocycles. The Morgan fingerprint density at radius 2 is 0.750 bits per heavy atom. The second kappa shape index (κ2) is 18.8. The van der Waals surface area contributed by atoms with Gasteiger partial charge in [0.05, 0.1) is 0 Å². The molecule has 0 aromatic heterocycles. The van der Waals surface area contributed by atoms with E-state index < -0.39 is 0 Å². The van der Waals surface area contributed by atoms with Crippen LogP contribution in [0.3, 0.4) is 0 Å². The minimum absolute atomic E-state index is 1.12. The molecule has 0 aromatic rings. The summed E-state index contributed by atoms with van der Waals surface area (Å²) < 4.78 is 0. The summed E-state index contributed by atoms with van der Waals surface area (Å²) in [7, 11) is 4.02. The van der Waals surface area contributed by atoms with Crippen molar-refractivity contribution in [2.75, 3.05) is 53.4 Å². The van der Waals surface area contributed by atoms with E-state index in [9.17, 15) is 0 Å². The summed E-state index contributed by atoms with van der Waals surface area (Å²) in [5.41, 5.74) is 0. The molecule has 0 fully saturated rings. The van der Waals surface area contributed by atoms with Crippen molar-refractivity contribution in [1.82, 2.24) is 21.3 Å². The van der Waals surface area contributed by atoms with E-state index in [1.807, 2.05) is 14.1 Å². The van der Waals surface area contributed by atoms with Gasteiger partial charge >= 0.3 is 0 Å². The van der Waals surface area contributed by atoms with Gasteiger partial charge in [-0.3, -0.25) is 0 Å². The van der Waals surface area contributed by atoms with E-state index in [2.05, 4.69) is 21.3 Å². The molecule has 0 aliphatic carbocycles. The fourth-order valence-electron chi connectivity index (χ4n) is 2.24. The predicted octanol–water partition coefficient (Wildman–Crippen LogP) is 1.73. The molecule has 0 aliphatic heterocycles. The third-order valence-electron chi connectivity index (χ3n) is 3.52. The lowest BCUT2D eigenvalue weighted by Gasteiger charge is -2.06. The highest BCUT2D eigenvalue weighted by atomic mass is 14.9. The number of unbranched alkanes of at least 4 members (excludes halogenated alkanes) is 5. The van der Waals surface area contributed by atoms with E-state index in [1.54, 1.807) is 0 Å². The van der Waals surface area contributed by atoms with Crippen molar-refractivity contribution in [3.63, 3.8) is 0 Å². The van der Waals surface area contributed by atoms with E-state index in [4.69, 9.17) is 0 Å². The van der Waals surface area contributed by atoms with Crippen molar-refractivity contribution in [3.05, 3.63) is 0 Å². The van der Waals surface area contributed by atoms with Crippen LogP contribution in [0.2, 0.25) is 0 Å². The zero-order valence-electron chi connectivity index (χ0n) is 13.9. The highest BCUT2D eigenvalue weighted by Gasteiger charge is 1.92. The zero-order chi connectivity index (χ0) is 14.7. The lowest BCUT2D eigenvalue weighted by Crippen LogP contribution is -2.20. The molecule has 4 heteroatoms. The van der Waals surface area contributed by atoms with E-state index in [0.717, 1.165) is 26.2 Å². The second-order valence-electron chi connectivity index (χ2n) is 5.54. The maximum atomic E-state index is 3.50. The molecule has 0 atom stereocenters. The molecule has 122 valence electrons. The maximum absolute atomic E-state index is 3.50. The van der Waals surface area contributed by atoms with Gasteiger partial charge in [-0.25, -0.2) is 0 Å². The summed E-state index contributed by atoms with van der Waals surface area (Å²) in [6.45, 7) is 6.93. The number of hydrogen-bond donors (Lipinski definition) is 4. The van der Waals surface area contributed by atoms with Crippen LogP contribution in [0.1, 0.15) is 51.4 Å². The molecule has 4 nitrogen and oxygen atoms in total. The fourth-order valence-corrected chi connectivity index (χ4v) is 2.24. The van der Waals surface area contributed by atoms with Gasteiger partial charge < -0.3 is 21.3 Å². The van der Waals surface area contributed by atoms with Gasteiger partial charge in [0.1, 0.15) is 0 Å². The highest BCUT2D eigenvalue weighted by Crippen LogP contribution is 2.04. The summed E-state index contributed by atoms with van der Waals surface area (Å²) in [5.74, 6) is 0. The summed E-state index contributed by atoms with van der Waals surface area (Å²) in [6, 6.07) is 0. The molecule has 4 N–H and O–H groups in total. The zero-order valence-corrected chi connectivity index (χ0v) is 13.9. The predicted molar refractivity (Wildman–Crippen MR) is 90.5 cm³/mol. The Hall–Kier alpha value is -0.160. The van der Waals surface area contributed by atoms with Gasteiger partial charge in [0.25, 0.3) is 0 Å². The van der Waals surface area contributed by atoms with Crippen LogP contribution in [-0.4, -0.2) is 53.4 Å². The standard InChI is InChI=1S/C16H38N4/c1-17-11-9-15-19-13-7-5-3-4-6-8-14-20-16-10-12-18-2/h17-20H,3-16H2,1-2H3. The van der Waals surface area contributed by atoms with Gasteiger partial charge in [0.2, 0.25) is 0 Å². The third kappa shape index (κ3) is 17.8. The topological polar surface area (TPSA) is 48.1 Å². The Bertz CT molecular complexity index is 147. The van der Waals surface area contributed by atoms with Gasteiger partial charge in [-0.15, -0.1) is 0 Å². The fraction of sp³-hybridized carbons (Fsp3) is 1.00. The smallest absolute Gasteiger partial charge is 0.00368 e. The summed E-state index contributed by atoms with van der Waals surface area (Å²) in [4.78, 5) is 0. The number of hydrogen-bond acceptors (Lipinski definition) is 4.